The highest BCUT2D eigenvalue weighted by Gasteiger charge is 2.28. The number of carbonyl (C=O) groups excluding carboxylic acids is 1. The van der Waals surface area contributed by atoms with Crippen LogP contribution in [0.2, 0.25) is 0 Å². The summed E-state index contributed by atoms with van der Waals surface area (Å²) in [6, 6.07) is 5.24. The standard InChI is InChI=1S/C17H27N3O/c1-13(2)20(12-14-6-4-10-18-14)17(21)16-9-5-11-19(16)15-7-3-8-15/h5,9,11,13-15,18H,3-4,6-8,10,12H2,1-2H3. The molecule has 0 bridgehead atoms. The number of amides is 1. The lowest BCUT2D eigenvalue weighted by atomic mass is 9.93. The quantitative estimate of drug-likeness (QED) is 0.905. The maximum Gasteiger partial charge on any atom is 0.270 e. The van der Waals surface area contributed by atoms with Crippen molar-refractivity contribution in [3.63, 3.8) is 0 Å². The Labute approximate surface area is 127 Å². The number of nitrogens with zero attached hydrogens (tertiary/aromatic N) is 2. The average Bonchev–Trinajstić information content (AvgIpc) is 3.03. The van der Waals surface area contributed by atoms with Crippen molar-refractivity contribution < 1.29 is 4.79 Å². The molecule has 1 N–H and O–H groups in total. The van der Waals surface area contributed by atoms with Crippen LogP contribution < -0.4 is 5.32 Å². The first-order chi connectivity index (χ1) is 10.2. The Kier molecular flexibility index (Phi) is 4.34. The molecule has 0 aromatic carbocycles. The lowest BCUT2D eigenvalue weighted by Gasteiger charge is -2.33. The van der Waals surface area contributed by atoms with Crippen LogP contribution in [0.3, 0.4) is 0 Å². The van der Waals surface area contributed by atoms with Crippen molar-refractivity contribution in [3.05, 3.63) is 24.0 Å². The number of carbonyl (C=O) groups is 1. The fraction of sp³-hybridized carbons (Fsp3) is 0.706. The molecule has 2 heterocycles. The van der Waals surface area contributed by atoms with Crippen LogP contribution >= 0.6 is 0 Å². The van der Waals surface area contributed by atoms with Gasteiger partial charge in [0, 0.05) is 30.9 Å². The fourth-order valence-corrected chi connectivity index (χ4v) is 3.38. The van der Waals surface area contributed by atoms with Gasteiger partial charge in [0.2, 0.25) is 0 Å². The van der Waals surface area contributed by atoms with Crippen LogP contribution in [-0.2, 0) is 0 Å². The zero-order valence-corrected chi connectivity index (χ0v) is 13.2. The number of hydrogen-bond donors (Lipinski definition) is 1. The zero-order valence-electron chi connectivity index (χ0n) is 13.2. The van der Waals surface area contributed by atoms with E-state index in [0.29, 0.717) is 12.1 Å². The molecule has 4 heteroatoms. The second kappa shape index (κ2) is 6.22. The van der Waals surface area contributed by atoms with Crippen molar-refractivity contribution in [2.45, 2.75) is 64.1 Å². The largest absolute Gasteiger partial charge is 0.340 e. The minimum atomic E-state index is 0.190. The maximum atomic E-state index is 13.0. The highest BCUT2D eigenvalue weighted by Crippen LogP contribution is 2.33. The van der Waals surface area contributed by atoms with E-state index < -0.39 is 0 Å². The highest BCUT2D eigenvalue weighted by molar-refractivity contribution is 5.93. The third-order valence-corrected chi connectivity index (χ3v) is 4.93. The Hall–Kier alpha value is -1.29. The lowest BCUT2D eigenvalue weighted by Crippen LogP contribution is -2.45. The molecule has 1 aromatic rings. The van der Waals surface area contributed by atoms with E-state index >= 15 is 0 Å². The van der Waals surface area contributed by atoms with Gasteiger partial charge in [0.15, 0.2) is 0 Å². The first-order valence-electron chi connectivity index (χ1n) is 8.38. The van der Waals surface area contributed by atoms with E-state index in [2.05, 4.69) is 29.9 Å². The lowest BCUT2D eigenvalue weighted by molar-refractivity contribution is 0.0672. The molecule has 4 nitrogen and oxygen atoms in total. The normalized spacial score (nSPS) is 22.5. The van der Waals surface area contributed by atoms with Gasteiger partial charge in [0.1, 0.15) is 5.69 Å². The Bertz CT molecular complexity index is 484. The first kappa shape index (κ1) is 14.6. The van der Waals surface area contributed by atoms with Gasteiger partial charge in [-0.1, -0.05) is 0 Å². The fourth-order valence-electron chi connectivity index (χ4n) is 3.38. The van der Waals surface area contributed by atoms with Crippen LogP contribution in [0.15, 0.2) is 18.3 Å². The Morgan fingerprint density at radius 1 is 1.38 bits per heavy atom. The van der Waals surface area contributed by atoms with E-state index in [1.54, 1.807) is 0 Å². The molecule has 21 heavy (non-hydrogen) atoms. The van der Waals surface area contributed by atoms with Gasteiger partial charge in [-0.2, -0.15) is 0 Å². The molecule has 2 fully saturated rings. The van der Waals surface area contributed by atoms with Crippen molar-refractivity contribution in [2.75, 3.05) is 13.1 Å². The summed E-state index contributed by atoms with van der Waals surface area (Å²) in [6.07, 6.45) is 8.19. The highest BCUT2D eigenvalue weighted by atomic mass is 16.2. The molecular formula is C17H27N3O. The minimum absolute atomic E-state index is 0.190. The molecule has 1 unspecified atom stereocenters. The Balaban J connectivity index is 1.75. The molecule has 1 aliphatic carbocycles. The molecule has 2 aliphatic rings. The summed E-state index contributed by atoms with van der Waals surface area (Å²) in [4.78, 5) is 15.0. The predicted octanol–water partition coefficient (Wildman–Crippen LogP) is 2.82. The summed E-state index contributed by atoms with van der Waals surface area (Å²) in [7, 11) is 0. The molecule has 1 saturated heterocycles. The maximum absolute atomic E-state index is 13.0. The third kappa shape index (κ3) is 3.00. The van der Waals surface area contributed by atoms with Crippen LogP contribution in [-0.4, -0.2) is 40.5 Å². The van der Waals surface area contributed by atoms with Gasteiger partial charge in [-0.3, -0.25) is 4.79 Å². The first-order valence-corrected chi connectivity index (χ1v) is 8.38. The van der Waals surface area contributed by atoms with Gasteiger partial charge in [0.25, 0.3) is 5.91 Å². The van der Waals surface area contributed by atoms with Gasteiger partial charge >= 0.3 is 0 Å². The topological polar surface area (TPSA) is 37.3 Å². The SMILES string of the molecule is CC(C)N(CC1CCCN1)C(=O)c1cccn1C1CCC1. The predicted molar refractivity (Wildman–Crippen MR) is 84.5 cm³/mol. The van der Waals surface area contributed by atoms with E-state index in [1.165, 1.54) is 32.1 Å². The minimum Gasteiger partial charge on any atom is -0.340 e. The molecular weight excluding hydrogens is 262 g/mol. The number of aromatic nitrogens is 1. The third-order valence-electron chi connectivity index (χ3n) is 4.93. The van der Waals surface area contributed by atoms with Gasteiger partial charge in [0.05, 0.1) is 0 Å². The molecule has 116 valence electrons. The molecule has 1 aliphatic heterocycles. The van der Waals surface area contributed by atoms with Gasteiger partial charge in [-0.15, -0.1) is 0 Å². The molecule has 1 amide bonds. The van der Waals surface area contributed by atoms with Crippen LogP contribution in [0.25, 0.3) is 0 Å². The summed E-state index contributed by atoms with van der Waals surface area (Å²) in [5.41, 5.74) is 0.867. The Morgan fingerprint density at radius 2 is 2.19 bits per heavy atom. The van der Waals surface area contributed by atoms with E-state index in [1.807, 2.05) is 17.0 Å². The monoisotopic (exact) mass is 289 g/mol. The summed E-state index contributed by atoms with van der Waals surface area (Å²) in [6.45, 7) is 6.14. The van der Waals surface area contributed by atoms with E-state index in [0.717, 1.165) is 18.8 Å². The van der Waals surface area contributed by atoms with Gasteiger partial charge in [-0.05, 0) is 64.6 Å². The summed E-state index contributed by atoms with van der Waals surface area (Å²) in [5, 5.41) is 3.50. The Morgan fingerprint density at radius 3 is 2.76 bits per heavy atom. The number of nitrogens with one attached hydrogen (secondary N) is 1. The van der Waals surface area contributed by atoms with E-state index in [9.17, 15) is 4.79 Å². The van der Waals surface area contributed by atoms with Crippen molar-refractivity contribution in [2.24, 2.45) is 0 Å². The van der Waals surface area contributed by atoms with Crippen molar-refractivity contribution >= 4 is 5.91 Å². The number of hydrogen-bond acceptors (Lipinski definition) is 2. The number of rotatable bonds is 5. The second-order valence-electron chi connectivity index (χ2n) is 6.73. The van der Waals surface area contributed by atoms with E-state index in [-0.39, 0.29) is 11.9 Å². The van der Waals surface area contributed by atoms with Gasteiger partial charge in [-0.25, -0.2) is 0 Å². The summed E-state index contributed by atoms with van der Waals surface area (Å²) in [5.74, 6) is 0.190. The molecule has 1 saturated carbocycles. The van der Waals surface area contributed by atoms with Gasteiger partial charge < -0.3 is 14.8 Å². The molecule has 3 rings (SSSR count). The van der Waals surface area contributed by atoms with Crippen LogP contribution in [0.4, 0.5) is 0 Å². The molecule has 1 atom stereocenters. The molecule has 1 aromatic heterocycles. The summed E-state index contributed by atoms with van der Waals surface area (Å²) < 4.78 is 2.20. The van der Waals surface area contributed by atoms with Crippen LogP contribution in [0, 0.1) is 0 Å². The van der Waals surface area contributed by atoms with Crippen LogP contribution in [0.5, 0.6) is 0 Å². The molecule has 0 radical (unpaired) electrons. The molecule has 0 spiro atoms. The summed E-state index contributed by atoms with van der Waals surface area (Å²) >= 11 is 0. The van der Waals surface area contributed by atoms with Crippen molar-refractivity contribution in [3.8, 4) is 0 Å². The smallest absolute Gasteiger partial charge is 0.270 e. The van der Waals surface area contributed by atoms with Crippen molar-refractivity contribution in [1.29, 1.82) is 0 Å². The second-order valence-corrected chi connectivity index (χ2v) is 6.73. The van der Waals surface area contributed by atoms with E-state index in [4.69, 9.17) is 0 Å². The van der Waals surface area contributed by atoms with Crippen LogP contribution in [0.1, 0.15) is 62.5 Å². The zero-order chi connectivity index (χ0) is 14.8. The van der Waals surface area contributed by atoms with Crippen molar-refractivity contribution in [1.82, 2.24) is 14.8 Å². The average molecular weight is 289 g/mol.